The maximum Gasteiger partial charge on any atom is 0.335 e. The van der Waals surface area contributed by atoms with Gasteiger partial charge < -0.3 is 10.8 Å². The van der Waals surface area contributed by atoms with Gasteiger partial charge in [-0.05, 0) is 18.2 Å². The van der Waals surface area contributed by atoms with Crippen molar-refractivity contribution in [1.82, 2.24) is 0 Å². The minimum absolute atomic E-state index is 0.0307. The highest BCUT2D eigenvalue weighted by atomic mass is 79.9. The second-order valence-corrected chi connectivity index (χ2v) is 3.31. The van der Waals surface area contributed by atoms with Crippen molar-refractivity contribution in [3.8, 4) is 0 Å². The molecule has 1 rings (SSSR count). The van der Waals surface area contributed by atoms with Crippen molar-refractivity contribution < 1.29 is 14.7 Å². The van der Waals surface area contributed by atoms with Crippen LogP contribution in [0.2, 0.25) is 0 Å². The van der Waals surface area contributed by atoms with Crippen LogP contribution in [0.1, 0.15) is 20.7 Å². The minimum atomic E-state index is -1.09. The molecule has 5 heteroatoms. The molecular weight excluding hydrogens is 238 g/mol. The maximum absolute atomic E-state index is 10.7. The summed E-state index contributed by atoms with van der Waals surface area (Å²) < 4.78 is 0.515. The molecule has 0 spiro atoms. The van der Waals surface area contributed by atoms with Gasteiger partial charge >= 0.3 is 5.97 Å². The molecule has 1 aromatic rings. The monoisotopic (exact) mass is 243 g/mol. The van der Waals surface area contributed by atoms with E-state index in [2.05, 4.69) is 15.9 Å². The van der Waals surface area contributed by atoms with Crippen LogP contribution in [0.5, 0.6) is 0 Å². The Labute approximate surface area is 82.5 Å². The number of aromatic carboxylic acids is 1. The molecule has 68 valence electrons. The van der Waals surface area contributed by atoms with Crippen LogP contribution in [-0.4, -0.2) is 17.0 Å². The quantitative estimate of drug-likeness (QED) is 0.821. The van der Waals surface area contributed by atoms with Gasteiger partial charge in [-0.25, -0.2) is 4.79 Å². The minimum Gasteiger partial charge on any atom is -0.478 e. The van der Waals surface area contributed by atoms with Crippen LogP contribution >= 0.6 is 15.9 Å². The molecule has 0 saturated carbocycles. The topological polar surface area (TPSA) is 80.4 Å². The predicted octanol–water partition coefficient (Wildman–Crippen LogP) is 1.25. The number of amides is 1. The highest BCUT2D eigenvalue weighted by Crippen LogP contribution is 2.15. The molecule has 1 amide bonds. The summed E-state index contributed by atoms with van der Waals surface area (Å²) in [6, 6.07) is 4.10. The number of carboxylic acid groups (broad SMARTS) is 1. The summed E-state index contributed by atoms with van der Waals surface area (Å²) in [5.41, 5.74) is 5.20. The Morgan fingerprint density at radius 1 is 1.23 bits per heavy atom. The van der Waals surface area contributed by atoms with Crippen molar-refractivity contribution >= 4 is 27.8 Å². The fraction of sp³-hybridized carbons (Fsp3) is 0. The molecule has 0 aliphatic heterocycles. The van der Waals surface area contributed by atoms with Gasteiger partial charge in [-0.2, -0.15) is 0 Å². The zero-order valence-electron chi connectivity index (χ0n) is 6.45. The number of rotatable bonds is 2. The lowest BCUT2D eigenvalue weighted by molar-refractivity contribution is 0.0697. The lowest BCUT2D eigenvalue weighted by Gasteiger charge is -1.99. The van der Waals surface area contributed by atoms with E-state index in [1.54, 1.807) is 0 Å². The number of halogens is 1. The molecule has 0 bridgehead atoms. The number of primary amides is 1. The van der Waals surface area contributed by atoms with Crippen molar-refractivity contribution in [3.63, 3.8) is 0 Å². The van der Waals surface area contributed by atoms with Gasteiger partial charge in [-0.3, -0.25) is 4.79 Å². The van der Waals surface area contributed by atoms with E-state index in [4.69, 9.17) is 10.8 Å². The van der Waals surface area contributed by atoms with Crippen LogP contribution in [0.4, 0.5) is 0 Å². The molecule has 0 aliphatic carbocycles. The molecule has 0 unspecified atom stereocenters. The number of carbonyl (C=O) groups is 2. The Bertz CT molecular complexity index is 343. The standard InChI is InChI=1S/C8H6BrNO3/c9-6-2-4(7(10)11)1-5(3-6)8(12)13/h1-3H,(H2,10,11)(H,12,13). The highest BCUT2D eigenvalue weighted by molar-refractivity contribution is 9.10. The number of carboxylic acids is 1. The van der Waals surface area contributed by atoms with Gasteiger partial charge in [0.05, 0.1) is 5.56 Å². The number of benzene rings is 1. The van der Waals surface area contributed by atoms with Crippen LogP contribution in [0, 0.1) is 0 Å². The van der Waals surface area contributed by atoms with Crippen LogP contribution in [0.25, 0.3) is 0 Å². The van der Waals surface area contributed by atoms with Crippen molar-refractivity contribution in [2.45, 2.75) is 0 Å². The summed E-state index contributed by atoms with van der Waals surface area (Å²) >= 11 is 3.08. The van der Waals surface area contributed by atoms with Crippen LogP contribution < -0.4 is 5.73 Å². The van der Waals surface area contributed by atoms with Crippen molar-refractivity contribution in [2.24, 2.45) is 5.73 Å². The fourth-order valence-electron chi connectivity index (χ4n) is 0.855. The largest absolute Gasteiger partial charge is 0.478 e. The van der Waals surface area contributed by atoms with E-state index in [0.717, 1.165) is 0 Å². The highest BCUT2D eigenvalue weighted by Gasteiger charge is 2.08. The van der Waals surface area contributed by atoms with E-state index in [1.807, 2.05) is 0 Å². The summed E-state index contributed by atoms with van der Waals surface area (Å²) in [6.45, 7) is 0. The average Bonchev–Trinajstić information content (AvgIpc) is 2.03. The smallest absolute Gasteiger partial charge is 0.335 e. The Hall–Kier alpha value is -1.36. The zero-order valence-corrected chi connectivity index (χ0v) is 8.04. The number of hydrogen-bond acceptors (Lipinski definition) is 2. The van der Waals surface area contributed by atoms with Crippen LogP contribution in [0.3, 0.4) is 0 Å². The number of carbonyl (C=O) groups excluding carboxylic acids is 1. The first-order valence-corrected chi connectivity index (χ1v) is 4.13. The second kappa shape index (κ2) is 3.57. The molecule has 0 radical (unpaired) electrons. The first-order valence-electron chi connectivity index (χ1n) is 3.34. The predicted molar refractivity (Wildman–Crippen MR) is 49.6 cm³/mol. The third kappa shape index (κ3) is 2.29. The van der Waals surface area contributed by atoms with Gasteiger partial charge in [0, 0.05) is 10.0 Å². The molecule has 0 aliphatic rings. The lowest BCUT2D eigenvalue weighted by atomic mass is 10.1. The van der Waals surface area contributed by atoms with Gasteiger partial charge in [0.15, 0.2) is 0 Å². The van der Waals surface area contributed by atoms with E-state index in [9.17, 15) is 9.59 Å². The van der Waals surface area contributed by atoms with E-state index in [0.29, 0.717) is 4.47 Å². The summed E-state index contributed by atoms with van der Waals surface area (Å²) in [4.78, 5) is 21.3. The first-order chi connectivity index (χ1) is 6.00. The van der Waals surface area contributed by atoms with Gasteiger partial charge in [-0.15, -0.1) is 0 Å². The molecule has 0 saturated heterocycles. The van der Waals surface area contributed by atoms with E-state index in [1.165, 1.54) is 18.2 Å². The Morgan fingerprint density at radius 2 is 1.77 bits per heavy atom. The molecule has 0 fully saturated rings. The molecule has 0 atom stereocenters. The Kier molecular flexibility index (Phi) is 2.67. The summed E-state index contributed by atoms with van der Waals surface area (Å²) in [5.74, 6) is -1.74. The van der Waals surface area contributed by atoms with Crippen LogP contribution in [-0.2, 0) is 0 Å². The van der Waals surface area contributed by atoms with Gasteiger partial charge in [0.1, 0.15) is 0 Å². The second-order valence-electron chi connectivity index (χ2n) is 2.40. The summed E-state index contributed by atoms with van der Waals surface area (Å²) in [5, 5.41) is 8.64. The lowest BCUT2D eigenvalue weighted by Crippen LogP contribution is -2.12. The molecule has 0 heterocycles. The van der Waals surface area contributed by atoms with Crippen molar-refractivity contribution in [2.75, 3.05) is 0 Å². The number of hydrogen-bond donors (Lipinski definition) is 2. The molecular formula is C8H6BrNO3. The van der Waals surface area contributed by atoms with E-state index in [-0.39, 0.29) is 11.1 Å². The number of nitrogens with two attached hydrogens (primary N) is 1. The zero-order chi connectivity index (χ0) is 10.0. The van der Waals surface area contributed by atoms with Gasteiger partial charge in [-0.1, -0.05) is 15.9 Å². The van der Waals surface area contributed by atoms with Crippen molar-refractivity contribution in [3.05, 3.63) is 33.8 Å². The fourth-order valence-corrected chi connectivity index (χ4v) is 1.35. The third-order valence-corrected chi connectivity index (χ3v) is 1.89. The molecule has 13 heavy (non-hydrogen) atoms. The SMILES string of the molecule is NC(=O)c1cc(Br)cc(C(=O)O)c1. The molecule has 1 aromatic carbocycles. The molecule has 4 nitrogen and oxygen atoms in total. The first kappa shape index (κ1) is 9.73. The third-order valence-electron chi connectivity index (χ3n) is 1.43. The molecule has 0 aromatic heterocycles. The average molecular weight is 244 g/mol. The van der Waals surface area contributed by atoms with Gasteiger partial charge in [0.25, 0.3) is 0 Å². The van der Waals surface area contributed by atoms with E-state index < -0.39 is 11.9 Å². The Balaban J connectivity index is 3.26. The molecule has 3 N–H and O–H groups in total. The Morgan fingerprint density at radius 3 is 2.23 bits per heavy atom. The maximum atomic E-state index is 10.7. The van der Waals surface area contributed by atoms with Gasteiger partial charge in [0.2, 0.25) is 5.91 Å². The van der Waals surface area contributed by atoms with Crippen LogP contribution in [0.15, 0.2) is 22.7 Å². The van der Waals surface area contributed by atoms with Crippen molar-refractivity contribution in [1.29, 1.82) is 0 Å². The summed E-state index contributed by atoms with van der Waals surface area (Å²) in [7, 11) is 0. The van der Waals surface area contributed by atoms with E-state index >= 15 is 0 Å². The normalized spacial score (nSPS) is 9.62. The summed E-state index contributed by atoms with van der Waals surface area (Å²) in [6.07, 6.45) is 0.